The second kappa shape index (κ2) is 6.52. The van der Waals surface area contributed by atoms with Gasteiger partial charge in [0.05, 0.1) is 16.0 Å². The summed E-state index contributed by atoms with van der Waals surface area (Å²) in [4.78, 5) is 5.34. The number of halogens is 2. The van der Waals surface area contributed by atoms with E-state index in [9.17, 15) is 12.8 Å². The van der Waals surface area contributed by atoms with Crippen molar-refractivity contribution in [1.82, 2.24) is 0 Å². The smallest absolute Gasteiger partial charge is 0.214 e. The van der Waals surface area contributed by atoms with E-state index in [0.717, 1.165) is 25.9 Å². The largest absolute Gasteiger partial charge is 0.370 e. The van der Waals surface area contributed by atoms with Crippen LogP contribution in [0, 0.1) is 5.82 Å². The number of sulfone groups is 1. The molecule has 1 aliphatic heterocycles. The van der Waals surface area contributed by atoms with Crippen molar-refractivity contribution in [3.05, 3.63) is 59.5 Å². The van der Waals surface area contributed by atoms with E-state index in [1.54, 1.807) is 18.2 Å². The highest BCUT2D eigenvalue weighted by atomic mass is 35.5. The second-order valence-corrected chi connectivity index (χ2v) is 8.70. The van der Waals surface area contributed by atoms with Gasteiger partial charge in [0.25, 0.3) is 0 Å². The molecule has 1 saturated heterocycles. The zero-order valence-corrected chi connectivity index (χ0v) is 15.4. The molecule has 0 atom stereocenters. The molecule has 2 aromatic carbocycles. The molecular formula is C19H17ClFN2O2S+. The van der Waals surface area contributed by atoms with E-state index in [4.69, 9.17) is 11.6 Å². The molecule has 1 fully saturated rings. The fourth-order valence-electron chi connectivity index (χ4n) is 3.40. The summed E-state index contributed by atoms with van der Waals surface area (Å²) < 4.78 is 40.4. The molecular weight excluding hydrogens is 375 g/mol. The van der Waals surface area contributed by atoms with Crippen LogP contribution in [-0.2, 0) is 9.84 Å². The first-order valence-electron chi connectivity index (χ1n) is 8.36. The number of benzene rings is 2. The Kier molecular flexibility index (Phi) is 4.32. The molecule has 1 aromatic heterocycles. The van der Waals surface area contributed by atoms with Crippen LogP contribution in [0.15, 0.2) is 58.5 Å². The van der Waals surface area contributed by atoms with Gasteiger partial charge in [0.2, 0.25) is 15.4 Å². The number of hydrogen-bond donors (Lipinski definition) is 0. The van der Waals surface area contributed by atoms with Crippen LogP contribution < -0.4 is 9.88 Å². The highest BCUT2D eigenvalue weighted by Gasteiger charge is 2.30. The molecule has 0 amide bonds. The number of hydrogen-bond acceptors (Lipinski definition) is 3. The standard InChI is InChI=1S/C19H16ClFN2O2S/c20-13-3-6-15(7-4-13)26(24,25)18-12-22-17-8-5-14(21)11-16(17)19(18)23-9-1-2-10-23/h3-8,11-12H,1-2,9-10H2/p+1. The van der Waals surface area contributed by atoms with Gasteiger partial charge in [0, 0.05) is 24.2 Å². The maximum Gasteiger partial charge on any atom is 0.214 e. The van der Waals surface area contributed by atoms with Crippen molar-refractivity contribution in [2.24, 2.45) is 0 Å². The Morgan fingerprint density at radius 1 is 1.04 bits per heavy atom. The van der Waals surface area contributed by atoms with Gasteiger partial charge in [-0.1, -0.05) is 11.6 Å². The summed E-state index contributed by atoms with van der Waals surface area (Å²) in [6.07, 6.45) is 3.46. The Morgan fingerprint density at radius 2 is 1.73 bits per heavy atom. The number of fused-ring (bicyclic) bond motifs is 1. The first-order valence-corrected chi connectivity index (χ1v) is 10.2. The molecule has 4 rings (SSSR count). The van der Waals surface area contributed by atoms with E-state index < -0.39 is 15.7 Å². The molecule has 2 heterocycles. The van der Waals surface area contributed by atoms with Crippen molar-refractivity contribution in [2.45, 2.75) is 22.6 Å². The maximum atomic E-state index is 13.9. The molecule has 0 aliphatic carbocycles. The first kappa shape index (κ1) is 17.2. The van der Waals surface area contributed by atoms with Crippen LogP contribution in [0.4, 0.5) is 10.1 Å². The average molecular weight is 392 g/mol. The van der Waals surface area contributed by atoms with Gasteiger partial charge in [-0.2, -0.15) is 0 Å². The summed E-state index contributed by atoms with van der Waals surface area (Å²) in [5.41, 5.74) is 1.26. The molecule has 0 radical (unpaired) electrons. The predicted octanol–water partition coefficient (Wildman–Crippen LogP) is 3.88. The van der Waals surface area contributed by atoms with Gasteiger partial charge in [-0.05, 0) is 49.2 Å². The van der Waals surface area contributed by atoms with Crippen LogP contribution in [0.5, 0.6) is 0 Å². The highest BCUT2D eigenvalue weighted by Crippen LogP contribution is 2.36. The van der Waals surface area contributed by atoms with Crippen molar-refractivity contribution in [3.63, 3.8) is 0 Å². The molecule has 1 N–H and O–H groups in total. The van der Waals surface area contributed by atoms with E-state index in [-0.39, 0.29) is 9.79 Å². The molecule has 3 aromatic rings. The maximum absolute atomic E-state index is 13.9. The minimum absolute atomic E-state index is 0.153. The van der Waals surface area contributed by atoms with Crippen molar-refractivity contribution in [3.8, 4) is 0 Å². The molecule has 26 heavy (non-hydrogen) atoms. The van der Waals surface area contributed by atoms with Gasteiger partial charge in [-0.15, -0.1) is 0 Å². The summed E-state index contributed by atoms with van der Waals surface area (Å²) in [6.45, 7) is 1.50. The Morgan fingerprint density at radius 3 is 2.42 bits per heavy atom. The lowest BCUT2D eigenvalue weighted by molar-refractivity contribution is -0.347. The lowest BCUT2D eigenvalue weighted by Gasteiger charge is -2.21. The van der Waals surface area contributed by atoms with Crippen LogP contribution in [0.2, 0.25) is 5.02 Å². The Labute approximate surface area is 156 Å². The monoisotopic (exact) mass is 391 g/mol. The van der Waals surface area contributed by atoms with E-state index >= 15 is 0 Å². The first-order chi connectivity index (χ1) is 12.5. The topological polar surface area (TPSA) is 51.5 Å². The van der Waals surface area contributed by atoms with Gasteiger partial charge in [0.1, 0.15) is 5.82 Å². The molecule has 134 valence electrons. The van der Waals surface area contributed by atoms with Gasteiger partial charge in [-0.3, -0.25) is 0 Å². The second-order valence-electron chi connectivity index (χ2n) is 6.34. The van der Waals surface area contributed by atoms with Gasteiger partial charge >= 0.3 is 0 Å². The zero-order valence-electron chi connectivity index (χ0n) is 13.9. The fraction of sp³-hybridized carbons (Fsp3) is 0.211. The third kappa shape index (κ3) is 2.93. The van der Waals surface area contributed by atoms with Crippen LogP contribution >= 0.6 is 11.6 Å². The number of nitrogens with one attached hydrogen (secondary N) is 1. The molecule has 0 unspecified atom stereocenters. The quantitative estimate of drug-likeness (QED) is 0.680. The van der Waals surface area contributed by atoms with Crippen LogP contribution in [0.1, 0.15) is 12.8 Å². The van der Waals surface area contributed by atoms with Crippen molar-refractivity contribution >= 4 is 38.0 Å². The lowest BCUT2D eigenvalue weighted by atomic mass is 10.1. The SMILES string of the molecule is O=S(=O)(c1ccc(Cl)cc1)c1c[nH+]c2ccc(F)cc2c1N1CCCC1. The minimum Gasteiger partial charge on any atom is -0.370 e. The summed E-state index contributed by atoms with van der Waals surface area (Å²) in [6, 6.07) is 10.5. The third-order valence-corrected chi connectivity index (χ3v) is 6.70. The number of nitrogens with zero attached hydrogens (tertiary/aromatic N) is 1. The third-order valence-electron chi connectivity index (χ3n) is 4.66. The molecule has 0 spiro atoms. The fourth-order valence-corrected chi connectivity index (χ4v) is 4.98. The number of anilines is 1. The molecule has 0 bridgehead atoms. The van der Waals surface area contributed by atoms with Crippen molar-refractivity contribution < 1.29 is 17.8 Å². The molecule has 4 nitrogen and oxygen atoms in total. The van der Waals surface area contributed by atoms with Crippen molar-refractivity contribution in [1.29, 1.82) is 0 Å². The van der Waals surface area contributed by atoms with Crippen LogP contribution in [-0.4, -0.2) is 21.5 Å². The number of aromatic amines is 1. The molecule has 0 saturated carbocycles. The normalized spacial score (nSPS) is 14.9. The van der Waals surface area contributed by atoms with E-state index in [2.05, 4.69) is 4.98 Å². The zero-order chi connectivity index (χ0) is 18.3. The summed E-state index contributed by atoms with van der Waals surface area (Å²) in [5, 5.41) is 1.04. The van der Waals surface area contributed by atoms with Crippen LogP contribution in [0.3, 0.4) is 0 Å². The lowest BCUT2D eigenvalue weighted by Crippen LogP contribution is -2.23. The Hall–Kier alpha value is -2.18. The number of rotatable bonds is 3. The Balaban J connectivity index is 1.99. The highest BCUT2D eigenvalue weighted by molar-refractivity contribution is 7.91. The van der Waals surface area contributed by atoms with E-state index in [1.807, 2.05) is 4.90 Å². The summed E-state index contributed by atoms with van der Waals surface area (Å²) in [5.74, 6) is -0.396. The van der Waals surface area contributed by atoms with E-state index in [1.165, 1.54) is 30.5 Å². The molecule has 7 heteroatoms. The van der Waals surface area contributed by atoms with Gasteiger partial charge in [-0.25, -0.2) is 17.8 Å². The minimum atomic E-state index is -3.78. The van der Waals surface area contributed by atoms with Gasteiger partial charge in [0.15, 0.2) is 11.1 Å². The van der Waals surface area contributed by atoms with Gasteiger partial charge < -0.3 is 4.90 Å². The average Bonchev–Trinajstić information content (AvgIpc) is 3.15. The van der Waals surface area contributed by atoms with Crippen LogP contribution in [0.25, 0.3) is 10.9 Å². The molecule has 1 aliphatic rings. The number of pyridine rings is 1. The Bertz CT molecular complexity index is 1080. The summed E-state index contributed by atoms with van der Waals surface area (Å²) >= 11 is 5.89. The predicted molar refractivity (Wildman–Crippen MR) is 98.8 cm³/mol. The van der Waals surface area contributed by atoms with Crippen molar-refractivity contribution in [2.75, 3.05) is 18.0 Å². The number of aromatic nitrogens is 1. The summed E-state index contributed by atoms with van der Waals surface area (Å²) in [7, 11) is -3.78. The number of H-pyrrole nitrogens is 1. The van der Waals surface area contributed by atoms with E-state index in [0.29, 0.717) is 21.6 Å².